The molecular formula is C10H7N5O6S. The Hall–Kier alpha value is -3.02. The molecule has 0 atom stereocenters. The van der Waals surface area contributed by atoms with Gasteiger partial charge in [-0.15, -0.1) is 5.10 Å². The van der Waals surface area contributed by atoms with Crippen molar-refractivity contribution >= 4 is 40.4 Å². The summed E-state index contributed by atoms with van der Waals surface area (Å²) in [6.07, 6.45) is 0.924. The molecule has 12 heteroatoms. The highest BCUT2D eigenvalue weighted by Crippen LogP contribution is 2.33. The van der Waals surface area contributed by atoms with Crippen molar-refractivity contribution in [2.45, 2.75) is 0 Å². The smallest absolute Gasteiger partial charge is 0.318 e. The molecule has 0 radical (unpaired) electrons. The predicted molar refractivity (Wildman–Crippen MR) is 77.0 cm³/mol. The molecule has 0 aromatic heterocycles. The molecule has 1 amide bonds. The molecule has 1 aliphatic heterocycles. The number of hydrogen-bond acceptors (Lipinski definition) is 9. The van der Waals surface area contributed by atoms with E-state index in [1.165, 1.54) is 0 Å². The van der Waals surface area contributed by atoms with Gasteiger partial charge in [-0.3, -0.25) is 25.0 Å². The molecular weight excluding hydrogens is 318 g/mol. The number of phenolic OH excluding ortho intramolecular Hbond substituents is 1. The van der Waals surface area contributed by atoms with Crippen molar-refractivity contribution < 1.29 is 19.7 Å². The van der Waals surface area contributed by atoms with Crippen molar-refractivity contribution in [3.8, 4) is 5.75 Å². The molecule has 1 saturated heterocycles. The van der Waals surface area contributed by atoms with Crippen LogP contribution in [0.25, 0.3) is 0 Å². The predicted octanol–water partition coefficient (Wildman–Crippen LogP) is 0.761. The third kappa shape index (κ3) is 3.35. The molecule has 22 heavy (non-hydrogen) atoms. The van der Waals surface area contributed by atoms with Crippen LogP contribution in [0.15, 0.2) is 22.3 Å². The number of nitro benzene ring substituents is 2. The highest BCUT2D eigenvalue weighted by molar-refractivity contribution is 8.15. The van der Waals surface area contributed by atoms with E-state index >= 15 is 0 Å². The van der Waals surface area contributed by atoms with Gasteiger partial charge in [-0.2, -0.15) is 5.10 Å². The fourth-order valence-corrected chi connectivity index (χ4v) is 2.12. The summed E-state index contributed by atoms with van der Waals surface area (Å²) < 4.78 is 0. The third-order valence-corrected chi connectivity index (χ3v) is 3.31. The van der Waals surface area contributed by atoms with Crippen LogP contribution in [0.3, 0.4) is 0 Å². The molecule has 1 fully saturated rings. The van der Waals surface area contributed by atoms with Gasteiger partial charge in [-0.25, -0.2) is 0 Å². The lowest BCUT2D eigenvalue weighted by atomic mass is 10.1. The van der Waals surface area contributed by atoms with Crippen LogP contribution in [0.1, 0.15) is 5.56 Å². The average molecular weight is 325 g/mol. The summed E-state index contributed by atoms with van der Waals surface area (Å²) in [6, 6.07) is 1.57. The summed E-state index contributed by atoms with van der Waals surface area (Å²) in [5.74, 6) is -0.808. The van der Waals surface area contributed by atoms with E-state index in [1.54, 1.807) is 0 Å². The van der Waals surface area contributed by atoms with Gasteiger partial charge in [0.15, 0.2) is 5.17 Å². The van der Waals surface area contributed by atoms with Gasteiger partial charge in [-0.1, -0.05) is 11.8 Å². The van der Waals surface area contributed by atoms with Crippen molar-refractivity contribution in [1.82, 2.24) is 5.32 Å². The van der Waals surface area contributed by atoms with Gasteiger partial charge in [0, 0.05) is 6.07 Å². The lowest BCUT2D eigenvalue weighted by molar-refractivity contribution is -0.394. The van der Waals surface area contributed by atoms with Crippen molar-refractivity contribution in [1.29, 1.82) is 0 Å². The van der Waals surface area contributed by atoms with E-state index in [-0.39, 0.29) is 22.4 Å². The molecule has 1 aromatic carbocycles. The van der Waals surface area contributed by atoms with Gasteiger partial charge >= 0.3 is 5.69 Å². The lowest BCUT2D eigenvalue weighted by Crippen LogP contribution is -2.19. The Balaban J connectivity index is 2.35. The number of amides is 1. The number of thioether (sulfide) groups is 1. The van der Waals surface area contributed by atoms with Gasteiger partial charge < -0.3 is 10.4 Å². The summed E-state index contributed by atoms with van der Waals surface area (Å²) in [5, 5.41) is 41.0. The first kappa shape index (κ1) is 15.4. The molecule has 2 rings (SSSR count). The molecule has 114 valence electrons. The molecule has 11 nitrogen and oxygen atoms in total. The van der Waals surface area contributed by atoms with E-state index in [2.05, 4.69) is 15.5 Å². The van der Waals surface area contributed by atoms with Crippen LogP contribution < -0.4 is 5.32 Å². The lowest BCUT2D eigenvalue weighted by Gasteiger charge is -2.00. The van der Waals surface area contributed by atoms with Crippen LogP contribution >= 0.6 is 11.8 Å². The van der Waals surface area contributed by atoms with Crippen molar-refractivity contribution in [2.24, 2.45) is 10.2 Å². The average Bonchev–Trinajstić information content (AvgIpc) is 2.85. The van der Waals surface area contributed by atoms with Gasteiger partial charge in [-0.05, 0) is 0 Å². The standard InChI is InChI=1S/C10H7N5O6S/c16-8-4-22-10(12-8)13-11-3-5-1-6(14(18)19)2-7(9(5)17)15(20)21/h1-3,17H,4H2,(H,12,13,16). The number of rotatable bonds is 4. The Kier molecular flexibility index (Phi) is 4.31. The number of nitro groups is 2. The minimum Gasteiger partial charge on any atom is -0.502 e. The van der Waals surface area contributed by atoms with E-state index in [0.29, 0.717) is 6.07 Å². The highest BCUT2D eigenvalue weighted by Gasteiger charge is 2.23. The van der Waals surface area contributed by atoms with E-state index in [0.717, 1.165) is 24.0 Å². The van der Waals surface area contributed by atoms with Crippen LogP contribution in [0.4, 0.5) is 11.4 Å². The summed E-state index contributed by atoms with van der Waals surface area (Å²) in [7, 11) is 0. The van der Waals surface area contributed by atoms with E-state index < -0.39 is 27.0 Å². The Morgan fingerprint density at radius 2 is 2.05 bits per heavy atom. The third-order valence-electron chi connectivity index (χ3n) is 2.44. The van der Waals surface area contributed by atoms with E-state index in [4.69, 9.17) is 0 Å². The van der Waals surface area contributed by atoms with Gasteiger partial charge in [0.2, 0.25) is 11.7 Å². The Bertz CT molecular complexity index is 731. The molecule has 1 aromatic rings. The summed E-state index contributed by atoms with van der Waals surface area (Å²) >= 11 is 1.10. The van der Waals surface area contributed by atoms with Gasteiger partial charge in [0.05, 0.1) is 33.4 Å². The molecule has 0 saturated carbocycles. The Labute approximate surface area is 126 Å². The van der Waals surface area contributed by atoms with Crippen LogP contribution in [-0.4, -0.2) is 38.0 Å². The number of carbonyl (C=O) groups excluding carboxylic acids is 1. The van der Waals surface area contributed by atoms with Crippen LogP contribution in [0, 0.1) is 20.2 Å². The maximum Gasteiger partial charge on any atom is 0.318 e. The Morgan fingerprint density at radius 3 is 2.59 bits per heavy atom. The number of nitrogens with zero attached hydrogens (tertiary/aromatic N) is 4. The molecule has 0 aliphatic carbocycles. The maximum atomic E-state index is 10.9. The minimum atomic E-state index is -0.946. The topological polar surface area (TPSA) is 160 Å². The minimum absolute atomic E-state index is 0.196. The first-order valence-electron chi connectivity index (χ1n) is 5.58. The fraction of sp³-hybridized carbons (Fsp3) is 0.100. The number of nitrogens with one attached hydrogen (secondary N) is 1. The summed E-state index contributed by atoms with van der Waals surface area (Å²) in [6.45, 7) is 0. The molecule has 0 bridgehead atoms. The summed E-state index contributed by atoms with van der Waals surface area (Å²) in [4.78, 5) is 30.7. The van der Waals surface area contributed by atoms with E-state index in [1.807, 2.05) is 0 Å². The monoisotopic (exact) mass is 325 g/mol. The zero-order chi connectivity index (χ0) is 16.3. The SMILES string of the molecule is O=C1CSC(=NN=Cc2cc([N+](=O)[O-])cc([N+](=O)[O-])c2O)N1. The highest BCUT2D eigenvalue weighted by atomic mass is 32.2. The van der Waals surface area contributed by atoms with Crippen molar-refractivity contribution in [3.05, 3.63) is 37.9 Å². The molecule has 0 unspecified atom stereocenters. The number of amidine groups is 1. The quantitative estimate of drug-likeness (QED) is 0.469. The number of non-ortho nitro benzene ring substituents is 1. The fourth-order valence-electron chi connectivity index (χ4n) is 1.49. The van der Waals surface area contributed by atoms with Gasteiger partial charge in [0.25, 0.3) is 5.69 Å². The number of phenols is 1. The number of benzene rings is 1. The van der Waals surface area contributed by atoms with Gasteiger partial charge in [0.1, 0.15) is 0 Å². The zero-order valence-electron chi connectivity index (χ0n) is 10.6. The first-order valence-corrected chi connectivity index (χ1v) is 6.56. The number of aromatic hydroxyl groups is 1. The van der Waals surface area contributed by atoms with Crippen molar-refractivity contribution in [3.63, 3.8) is 0 Å². The normalized spacial score (nSPS) is 16.2. The number of carbonyl (C=O) groups is 1. The maximum absolute atomic E-state index is 10.9. The second-order valence-corrected chi connectivity index (χ2v) is 4.87. The largest absolute Gasteiger partial charge is 0.502 e. The molecule has 1 heterocycles. The molecule has 2 N–H and O–H groups in total. The number of hydrogen-bond donors (Lipinski definition) is 2. The molecule has 0 spiro atoms. The van der Waals surface area contributed by atoms with Crippen LogP contribution in [0.5, 0.6) is 5.75 Å². The van der Waals surface area contributed by atoms with Crippen molar-refractivity contribution in [2.75, 3.05) is 5.75 Å². The first-order chi connectivity index (χ1) is 10.4. The van der Waals surface area contributed by atoms with Crippen LogP contribution in [-0.2, 0) is 4.79 Å². The van der Waals surface area contributed by atoms with E-state index in [9.17, 15) is 30.1 Å². The molecule has 1 aliphatic rings. The Morgan fingerprint density at radius 1 is 1.32 bits per heavy atom. The summed E-state index contributed by atoms with van der Waals surface area (Å²) in [5.41, 5.74) is -1.62. The second kappa shape index (κ2) is 6.17. The zero-order valence-corrected chi connectivity index (χ0v) is 11.4. The van der Waals surface area contributed by atoms with Crippen LogP contribution in [0.2, 0.25) is 0 Å². The second-order valence-electron chi connectivity index (χ2n) is 3.90.